The Labute approximate surface area is 98.3 Å². The van der Waals surface area contributed by atoms with Crippen LogP contribution in [0, 0.1) is 5.82 Å². The highest BCUT2D eigenvalue weighted by Gasteiger charge is 2.08. The second kappa shape index (κ2) is 4.27. The first-order valence-electron chi connectivity index (χ1n) is 4.80. The van der Waals surface area contributed by atoms with Gasteiger partial charge in [0.2, 0.25) is 0 Å². The number of hydrogen-bond donors (Lipinski definition) is 1. The van der Waals surface area contributed by atoms with Gasteiger partial charge >= 0.3 is 0 Å². The highest BCUT2D eigenvalue weighted by atomic mass is 32.2. The summed E-state index contributed by atoms with van der Waals surface area (Å²) < 4.78 is 43.5. The zero-order valence-electron chi connectivity index (χ0n) is 8.67. The van der Waals surface area contributed by atoms with E-state index in [1.54, 1.807) is 12.1 Å². The fraction of sp³-hybridized carbons (Fsp3) is 0. The van der Waals surface area contributed by atoms with Crippen LogP contribution >= 0.6 is 0 Å². The maximum Gasteiger partial charge on any atom is 0.294 e. The second-order valence-corrected chi connectivity index (χ2v) is 4.93. The monoisotopic (exact) mass is 252 g/mol. The molecule has 1 N–H and O–H groups in total. The molecule has 0 bridgehead atoms. The summed E-state index contributed by atoms with van der Waals surface area (Å²) in [6, 6.07) is 11.5. The van der Waals surface area contributed by atoms with Gasteiger partial charge in [-0.2, -0.15) is 8.42 Å². The first-order valence-corrected chi connectivity index (χ1v) is 6.24. The van der Waals surface area contributed by atoms with Crippen molar-refractivity contribution in [3.8, 4) is 11.1 Å². The third-order valence-electron chi connectivity index (χ3n) is 2.31. The average Bonchev–Trinajstić information content (AvgIpc) is 2.28. The van der Waals surface area contributed by atoms with E-state index in [4.69, 9.17) is 4.55 Å². The van der Waals surface area contributed by atoms with Crippen molar-refractivity contribution >= 4 is 10.1 Å². The summed E-state index contributed by atoms with van der Waals surface area (Å²) in [5, 5.41) is 0. The van der Waals surface area contributed by atoms with Crippen LogP contribution in [0.25, 0.3) is 11.1 Å². The van der Waals surface area contributed by atoms with Crippen LogP contribution in [0.2, 0.25) is 0 Å². The molecule has 3 nitrogen and oxygen atoms in total. The van der Waals surface area contributed by atoms with Crippen molar-refractivity contribution in [2.45, 2.75) is 4.90 Å². The summed E-state index contributed by atoms with van der Waals surface area (Å²) in [5.74, 6) is -0.360. The maximum absolute atomic E-state index is 13.0. The van der Waals surface area contributed by atoms with Crippen molar-refractivity contribution in [3.63, 3.8) is 0 Å². The second-order valence-electron chi connectivity index (χ2n) is 3.51. The van der Waals surface area contributed by atoms with Crippen LogP contribution in [0.15, 0.2) is 53.4 Å². The number of rotatable bonds is 2. The van der Waals surface area contributed by atoms with E-state index in [2.05, 4.69) is 0 Å². The predicted molar refractivity (Wildman–Crippen MR) is 61.7 cm³/mol. The van der Waals surface area contributed by atoms with E-state index in [1.807, 2.05) is 0 Å². The summed E-state index contributed by atoms with van der Waals surface area (Å²) in [7, 11) is -4.18. The minimum Gasteiger partial charge on any atom is -0.282 e. The molecule has 0 aromatic heterocycles. The normalized spacial score (nSPS) is 11.4. The van der Waals surface area contributed by atoms with Gasteiger partial charge in [0.25, 0.3) is 10.1 Å². The molecule has 17 heavy (non-hydrogen) atoms. The van der Waals surface area contributed by atoms with Gasteiger partial charge in [0.1, 0.15) is 5.82 Å². The quantitative estimate of drug-likeness (QED) is 0.836. The fourth-order valence-corrected chi connectivity index (χ4v) is 1.97. The number of hydrogen-bond acceptors (Lipinski definition) is 2. The third kappa shape index (κ3) is 2.69. The zero-order valence-corrected chi connectivity index (χ0v) is 9.49. The topological polar surface area (TPSA) is 54.4 Å². The molecule has 0 aliphatic heterocycles. The smallest absolute Gasteiger partial charge is 0.282 e. The highest BCUT2D eigenvalue weighted by Crippen LogP contribution is 2.21. The van der Waals surface area contributed by atoms with Gasteiger partial charge in [-0.05, 0) is 35.4 Å². The molecule has 88 valence electrons. The van der Waals surface area contributed by atoms with E-state index < -0.39 is 10.1 Å². The minimum absolute atomic E-state index is 0.183. The van der Waals surface area contributed by atoms with E-state index in [0.29, 0.717) is 11.1 Å². The van der Waals surface area contributed by atoms with Gasteiger partial charge in [0, 0.05) is 0 Å². The van der Waals surface area contributed by atoms with Gasteiger partial charge in [-0.15, -0.1) is 0 Å². The number of halogens is 1. The van der Waals surface area contributed by atoms with Gasteiger partial charge in [-0.1, -0.05) is 24.3 Å². The van der Waals surface area contributed by atoms with Gasteiger partial charge in [0.15, 0.2) is 0 Å². The molecule has 0 saturated heterocycles. The lowest BCUT2D eigenvalue weighted by atomic mass is 10.1. The molecule has 5 heteroatoms. The molecule has 2 rings (SSSR count). The first kappa shape index (κ1) is 11.8. The van der Waals surface area contributed by atoms with Crippen molar-refractivity contribution in [2.24, 2.45) is 0 Å². The molecule has 0 atom stereocenters. The molecule has 2 aromatic rings. The SMILES string of the molecule is O=S(=O)(O)c1ccc(-c2cccc(F)c2)cc1. The minimum atomic E-state index is -4.18. The molecule has 0 saturated carbocycles. The molecule has 0 heterocycles. The van der Waals surface area contributed by atoms with Crippen molar-refractivity contribution in [1.82, 2.24) is 0 Å². The summed E-state index contributed by atoms with van der Waals surface area (Å²) in [6.07, 6.45) is 0. The van der Waals surface area contributed by atoms with Crippen molar-refractivity contribution in [3.05, 3.63) is 54.3 Å². The van der Waals surface area contributed by atoms with Crippen LogP contribution in [-0.2, 0) is 10.1 Å². The summed E-state index contributed by atoms with van der Waals surface area (Å²) in [5.41, 5.74) is 1.32. The van der Waals surface area contributed by atoms with Crippen LogP contribution in [0.4, 0.5) is 4.39 Å². The summed E-state index contributed by atoms with van der Waals surface area (Å²) in [6.45, 7) is 0. The Kier molecular flexibility index (Phi) is 2.95. The summed E-state index contributed by atoms with van der Waals surface area (Å²) >= 11 is 0. The Balaban J connectivity index is 2.43. The van der Waals surface area contributed by atoms with Crippen LogP contribution in [0.3, 0.4) is 0 Å². The van der Waals surface area contributed by atoms with Crippen LogP contribution < -0.4 is 0 Å². The molecule has 0 fully saturated rings. The zero-order chi connectivity index (χ0) is 12.5. The first-order chi connectivity index (χ1) is 7.97. The van der Waals surface area contributed by atoms with E-state index in [-0.39, 0.29) is 10.7 Å². The van der Waals surface area contributed by atoms with Gasteiger partial charge in [-0.25, -0.2) is 4.39 Å². The van der Waals surface area contributed by atoms with Crippen molar-refractivity contribution in [1.29, 1.82) is 0 Å². The molecular weight excluding hydrogens is 243 g/mol. The van der Waals surface area contributed by atoms with Gasteiger partial charge in [0.05, 0.1) is 4.90 Å². The van der Waals surface area contributed by atoms with Crippen molar-refractivity contribution < 1.29 is 17.4 Å². The Morgan fingerprint density at radius 3 is 2.12 bits per heavy atom. The van der Waals surface area contributed by atoms with Crippen LogP contribution in [0.1, 0.15) is 0 Å². The standard InChI is InChI=1S/C12H9FO3S/c13-11-3-1-2-10(8-11)9-4-6-12(7-5-9)17(14,15)16/h1-8H,(H,14,15,16). The highest BCUT2D eigenvalue weighted by molar-refractivity contribution is 7.85. The Morgan fingerprint density at radius 2 is 1.59 bits per heavy atom. The average molecular weight is 252 g/mol. The van der Waals surface area contributed by atoms with E-state index in [0.717, 1.165) is 0 Å². The largest absolute Gasteiger partial charge is 0.294 e. The molecule has 2 aromatic carbocycles. The van der Waals surface area contributed by atoms with Crippen LogP contribution in [-0.4, -0.2) is 13.0 Å². The van der Waals surface area contributed by atoms with Gasteiger partial charge < -0.3 is 0 Å². The lowest BCUT2D eigenvalue weighted by Gasteiger charge is -2.02. The molecular formula is C12H9FO3S. The summed E-state index contributed by atoms with van der Waals surface area (Å²) in [4.78, 5) is -0.183. The van der Waals surface area contributed by atoms with E-state index >= 15 is 0 Å². The number of benzene rings is 2. The van der Waals surface area contributed by atoms with Crippen LogP contribution in [0.5, 0.6) is 0 Å². The Morgan fingerprint density at radius 1 is 0.941 bits per heavy atom. The van der Waals surface area contributed by atoms with E-state index in [1.165, 1.54) is 36.4 Å². The molecule has 0 radical (unpaired) electrons. The maximum atomic E-state index is 13.0. The Bertz CT molecular complexity index is 633. The predicted octanol–water partition coefficient (Wildman–Crippen LogP) is 2.74. The van der Waals surface area contributed by atoms with Crippen molar-refractivity contribution in [2.75, 3.05) is 0 Å². The lowest BCUT2D eigenvalue weighted by Crippen LogP contribution is -1.97. The van der Waals surface area contributed by atoms with E-state index in [9.17, 15) is 12.8 Å². The molecule has 0 aliphatic rings. The van der Waals surface area contributed by atoms with Gasteiger partial charge in [-0.3, -0.25) is 4.55 Å². The Hall–Kier alpha value is -1.72. The molecule has 0 unspecified atom stereocenters. The molecule has 0 aliphatic carbocycles. The third-order valence-corrected chi connectivity index (χ3v) is 3.18. The fourth-order valence-electron chi connectivity index (χ4n) is 1.49. The molecule has 0 amide bonds. The molecule has 0 spiro atoms. The lowest BCUT2D eigenvalue weighted by molar-refractivity contribution is 0.483.